The quantitative estimate of drug-likeness (QED) is 0.257. The van der Waals surface area contributed by atoms with Crippen LogP contribution in [0, 0.1) is 5.82 Å². The highest BCUT2D eigenvalue weighted by Crippen LogP contribution is 2.45. The molecule has 1 fully saturated rings. The van der Waals surface area contributed by atoms with Crippen molar-refractivity contribution in [2.75, 3.05) is 6.54 Å². The van der Waals surface area contributed by atoms with Gasteiger partial charge in [-0.1, -0.05) is 74.9 Å². The lowest BCUT2D eigenvalue weighted by atomic mass is 9.94. The Hall–Kier alpha value is -3.55. The van der Waals surface area contributed by atoms with Crippen LogP contribution in [0.15, 0.2) is 60.7 Å². The van der Waals surface area contributed by atoms with Crippen LogP contribution in [0.1, 0.15) is 75.7 Å². The maximum atomic E-state index is 14.0. The molecule has 1 aliphatic rings. The molecule has 2 atom stereocenters. The average Bonchev–Trinajstić information content (AvgIpc) is 3.02. The Morgan fingerprint density at radius 3 is 2.44 bits per heavy atom. The number of carbonyl (C=O) groups is 2. The minimum atomic E-state index is -1.21. The Bertz CT molecular complexity index is 1300. The highest BCUT2D eigenvalue weighted by atomic mass is 19.1. The fourth-order valence-electron chi connectivity index (χ4n) is 5.48. The molecule has 0 bridgehead atoms. The number of aromatic nitrogens is 1. The first kappa shape index (κ1) is 28.5. The lowest BCUT2D eigenvalue weighted by Gasteiger charge is -2.26. The van der Waals surface area contributed by atoms with E-state index in [2.05, 4.69) is 35.9 Å². The van der Waals surface area contributed by atoms with E-state index in [1.165, 1.54) is 12.1 Å². The van der Waals surface area contributed by atoms with Crippen LogP contribution in [-0.2, 0) is 9.59 Å². The predicted molar refractivity (Wildman–Crippen MR) is 152 cm³/mol. The molecule has 39 heavy (non-hydrogen) atoms. The minimum Gasteiger partial charge on any atom is -0.481 e. The zero-order chi connectivity index (χ0) is 27.9. The van der Waals surface area contributed by atoms with E-state index in [0.29, 0.717) is 0 Å². The van der Waals surface area contributed by atoms with Crippen LogP contribution >= 0.6 is 0 Å². The van der Waals surface area contributed by atoms with Crippen molar-refractivity contribution in [1.29, 1.82) is 0 Å². The van der Waals surface area contributed by atoms with Crippen molar-refractivity contribution in [2.24, 2.45) is 0 Å². The van der Waals surface area contributed by atoms with Gasteiger partial charge < -0.3 is 14.8 Å². The largest absolute Gasteiger partial charge is 0.481 e. The number of benzene rings is 2. The number of rotatable bonds is 10. The van der Waals surface area contributed by atoms with Gasteiger partial charge >= 0.3 is 5.97 Å². The third-order valence-corrected chi connectivity index (χ3v) is 7.13. The number of carbonyl (C=O) groups excluding carboxylic acids is 1. The number of carboxylic acid groups (broad SMARTS) is 1. The van der Waals surface area contributed by atoms with Gasteiger partial charge in [-0.3, -0.25) is 14.9 Å². The summed E-state index contributed by atoms with van der Waals surface area (Å²) in [6.07, 6.45) is 5.78. The van der Waals surface area contributed by atoms with Gasteiger partial charge in [-0.15, -0.1) is 0 Å². The Labute approximate surface area is 229 Å². The molecule has 7 heteroatoms. The molecule has 206 valence electrons. The molecule has 1 saturated heterocycles. The standard InChI is InChI=1S/C32H37FN2O4/c1-21(2)31-27(17-16-25(36)19-26(37)20-29(38)39)30(22-12-14-24(33)15-13-22)32(23-9-5-3-6-10-23)35(31)28-11-7-4-8-18-34-28/h3,5-6,9-10,12-17,21,25,28,34,36H,4,7-8,11,18-20H2,1-2H3,(H,38,39)/b17-16+. The Balaban J connectivity index is 1.95. The zero-order valence-corrected chi connectivity index (χ0v) is 22.6. The molecule has 0 saturated carbocycles. The molecule has 0 spiro atoms. The number of hydrogen-bond donors (Lipinski definition) is 3. The highest BCUT2D eigenvalue weighted by Gasteiger charge is 2.29. The normalized spacial score (nSPS) is 16.9. The first-order chi connectivity index (χ1) is 18.8. The first-order valence-electron chi connectivity index (χ1n) is 13.7. The summed E-state index contributed by atoms with van der Waals surface area (Å²) >= 11 is 0. The molecule has 1 aromatic heterocycles. The SMILES string of the molecule is CC(C)c1c(/C=C/C(O)CC(=O)CC(=O)O)c(-c2ccc(F)cc2)c(-c2ccccc2)n1C1CCCCCN1. The molecule has 1 aliphatic heterocycles. The summed E-state index contributed by atoms with van der Waals surface area (Å²) in [5.41, 5.74) is 5.79. The summed E-state index contributed by atoms with van der Waals surface area (Å²) in [5, 5.41) is 23.3. The van der Waals surface area contributed by atoms with E-state index in [-0.39, 0.29) is 24.3 Å². The third-order valence-electron chi connectivity index (χ3n) is 7.13. The second-order valence-corrected chi connectivity index (χ2v) is 10.5. The van der Waals surface area contributed by atoms with Crippen LogP contribution < -0.4 is 5.32 Å². The van der Waals surface area contributed by atoms with E-state index < -0.39 is 24.3 Å². The van der Waals surface area contributed by atoms with E-state index in [1.807, 2.05) is 24.3 Å². The van der Waals surface area contributed by atoms with Crippen molar-refractivity contribution >= 4 is 17.8 Å². The first-order valence-corrected chi connectivity index (χ1v) is 13.7. The smallest absolute Gasteiger partial charge is 0.310 e. The molecule has 3 aromatic rings. The van der Waals surface area contributed by atoms with Gasteiger partial charge in [0.1, 0.15) is 18.0 Å². The number of nitrogens with zero attached hydrogens (tertiary/aromatic N) is 1. The molecular weight excluding hydrogens is 495 g/mol. The topological polar surface area (TPSA) is 91.6 Å². The van der Waals surface area contributed by atoms with E-state index in [4.69, 9.17) is 5.11 Å². The molecule has 3 N–H and O–H groups in total. The maximum absolute atomic E-state index is 14.0. The molecular formula is C32H37FN2O4. The summed E-state index contributed by atoms with van der Waals surface area (Å²) in [7, 11) is 0. The van der Waals surface area contributed by atoms with Crippen molar-refractivity contribution in [3.63, 3.8) is 0 Å². The predicted octanol–water partition coefficient (Wildman–Crippen LogP) is 6.55. The fraction of sp³-hybridized carbons (Fsp3) is 0.375. The van der Waals surface area contributed by atoms with Gasteiger partial charge in [-0.05, 0) is 55.0 Å². The molecule has 2 heterocycles. The lowest BCUT2D eigenvalue weighted by molar-refractivity contribution is -0.140. The molecule has 0 aliphatic carbocycles. The van der Waals surface area contributed by atoms with Crippen molar-refractivity contribution in [1.82, 2.24) is 9.88 Å². The number of carboxylic acids is 1. The monoisotopic (exact) mass is 532 g/mol. The summed E-state index contributed by atoms with van der Waals surface area (Å²) < 4.78 is 16.4. The third kappa shape index (κ3) is 6.91. The Kier molecular flexibility index (Phi) is 9.49. The number of aliphatic carboxylic acids is 1. The van der Waals surface area contributed by atoms with Gasteiger partial charge in [0.2, 0.25) is 0 Å². The second kappa shape index (κ2) is 13.0. The summed E-state index contributed by atoms with van der Waals surface area (Å²) in [6, 6.07) is 16.6. The number of ketones is 1. The number of aliphatic hydroxyl groups is 1. The van der Waals surface area contributed by atoms with Crippen molar-refractivity contribution in [2.45, 2.75) is 70.6 Å². The van der Waals surface area contributed by atoms with Crippen LogP contribution in [0.25, 0.3) is 28.5 Å². The lowest BCUT2D eigenvalue weighted by Crippen LogP contribution is -2.28. The Morgan fingerprint density at radius 2 is 1.77 bits per heavy atom. The fourth-order valence-corrected chi connectivity index (χ4v) is 5.48. The van der Waals surface area contributed by atoms with Gasteiger partial charge in [-0.2, -0.15) is 0 Å². The van der Waals surface area contributed by atoms with Crippen molar-refractivity contribution < 1.29 is 24.2 Å². The van der Waals surface area contributed by atoms with Gasteiger partial charge in [-0.25, -0.2) is 4.39 Å². The van der Waals surface area contributed by atoms with Crippen LogP contribution in [0.2, 0.25) is 0 Å². The van der Waals surface area contributed by atoms with E-state index in [1.54, 1.807) is 18.2 Å². The number of hydrogen-bond acceptors (Lipinski definition) is 4. The summed E-state index contributed by atoms with van der Waals surface area (Å²) in [5.74, 6) is -1.96. The van der Waals surface area contributed by atoms with Gasteiger partial charge in [0, 0.05) is 23.2 Å². The molecule has 0 amide bonds. The van der Waals surface area contributed by atoms with E-state index in [0.717, 1.165) is 65.9 Å². The Morgan fingerprint density at radius 1 is 1.05 bits per heavy atom. The summed E-state index contributed by atoms with van der Waals surface area (Å²) in [4.78, 5) is 22.9. The molecule has 6 nitrogen and oxygen atoms in total. The molecule has 4 rings (SSSR count). The number of nitrogens with one attached hydrogen (secondary N) is 1. The minimum absolute atomic E-state index is 0.0588. The second-order valence-electron chi connectivity index (χ2n) is 10.5. The van der Waals surface area contributed by atoms with Crippen LogP contribution in [0.5, 0.6) is 0 Å². The van der Waals surface area contributed by atoms with Crippen LogP contribution in [0.3, 0.4) is 0 Å². The van der Waals surface area contributed by atoms with Gasteiger partial charge in [0.25, 0.3) is 0 Å². The summed E-state index contributed by atoms with van der Waals surface area (Å²) in [6.45, 7) is 5.18. The van der Waals surface area contributed by atoms with Crippen LogP contribution in [0.4, 0.5) is 4.39 Å². The average molecular weight is 533 g/mol. The molecule has 0 radical (unpaired) electrons. The van der Waals surface area contributed by atoms with E-state index >= 15 is 0 Å². The number of aliphatic hydroxyl groups excluding tert-OH is 1. The molecule has 2 unspecified atom stereocenters. The van der Waals surface area contributed by atoms with Crippen LogP contribution in [-0.4, -0.2) is 39.2 Å². The van der Waals surface area contributed by atoms with Crippen molar-refractivity contribution in [3.05, 3.63) is 77.7 Å². The van der Waals surface area contributed by atoms with Gasteiger partial charge in [0.05, 0.1) is 18.0 Å². The number of halogens is 1. The highest BCUT2D eigenvalue weighted by molar-refractivity contribution is 5.95. The molecule has 2 aromatic carbocycles. The van der Waals surface area contributed by atoms with Crippen molar-refractivity contribution in [3.8, 4) is 22.4 Å². The van der Waals surface area contributed by atoms with Gasteiger partial charge in [0.15, 0.2) is 0 Å². The van der Waals surface area contributed by atoms with E-state index in [9.17, 15) is 19.1 Å². The maximum Gasteiger partial charge on any atom is 0.310 e. The number of Topliss-reactive ketones (excluding diaryl/α,β-unsaturated/α-hetero) is 1. The zero-order valence-electron chi connectivity index (χ0n) is 22.6.